The first-order valence-electron chi connectivity index (χ1n) is 10.2. The minimum absolute atomic E-state index is 0.159. The molecule has 0 aliphatic carbocycles. The van der Waals surface area contributed by atoms with E-state index in [0.29, 0.717) is 5.75 Å². The van der Waals surface area contributed by atoms with E-state index >= 15 is 0 Å². The molecular formula is C22H29N3O2S. The summed E-state index contributed by atoms with van der Waals surface area (Å²) in [5.74, 6) is 0.562. The van der Waals surface area contributed by atoms with Crippen LogP contribution in [-0.4, -0.2) is 40.0 Å². The van der Waals surface area contributed by atoms with Crippen LogP contribution in [0.15, 0.2) is 29.4 Å². The van der Waals surface area contributed by atoms with Gasteiger partial charge in [-0.3, -0.25) is 4.79 Å². The molecule has 1 aromatic carbocycles. The first-order chi connectivity index (χ1) is 13.5. The summed E-state index contributed by atoms with van der Waals surface area (Å²) >= 11 is 1.55. The molecule has 1 amide bonds. The minimum atomic E-state index is 0.159. The number of thioether (sulfide) groups is 1. The van der Waals surface area contributed by atoms with Gasteiger partial charge in [-0.05, 0) is 58.1 Å². The quantitative estimate of drug-likeness (QED) is 0.709. The molecule has 0 bridgehead atoms. The predicted molar refractivity (Wildman–Crippen MR) is 113 cm³/mol. The van der Waals surface area contributed by atoms with Crippen LogP contribution in [0, 0.1) is 13.8 Å². The molecule has 0 unspecified atom stereocenters. The lowest BCUT2D eigenvalue weighted by atomic mass is 9.97. The van der Waals surface area contributed by atoms with Gasteiger partial charge in [-0.2, -0.15) is 0 Å². The monoisotopic (exact) mass is 399 g/mol. The third-order valence-electron chi connectivity index (χ3n) is 5.95. The third kappa shape index (κ3) is 3.85. The largest absolute Gasteiger partial charge is 0.376 e. The van der Waals surface area contributed by atoms with E-state index in [1.165, 1.54) is 11.3 Å². The molecule has 6 heteroatoms. The van der Waals surface area contributed by atoms with Gasteiger partial charge in [0.05, 0.1) is 24.1 Å². The van der Waals surface area contributed by atoms with E-state index in [2.05, 4.69) is 36.6 Å². The van der Waals surface area contributed by atoms with E-state index in [-0.39, 0.29) is 18.1 Å². The summed E-state index contributed by atoms with van der Waals surface area (Å²) in [5, 5.41) is 0.928. The van der Waals surface area contributed by atoms with Crippen LogP contribution in [0.2, 0.25) is 0 Å². The number of aromatic nitrogens is 2. The fourth-order valence-corrected chi connectivity index (χ4v) is 5.17. The fraction of sp³-hybridized carbons (Fsp3) is 0.545. The van der Waals surface area contributed by atoms with Gasteiger partial charge in [0, 0.05) is 24.0 Å². The molecule has 2 aromatic rings. The molecule has 0 spiro atoms. The zero-order valence-electron chi connectivity index (χ0n) is 17.0. The van der Waals surface area contributed by atoms with Crippen LogP contribution in [0.4, 0.5) is 5.69 Å². The Morgan fingerprint density at radius 3 is 2.89 bits per heavy atom. The number of rotatable bonds is 5. The highest BCUT2D eigenvalue weighted by atomic mass is 32.2. The number of benzene rings is 1. The van der Waals surface area contributed by atoms with Gasteiger partial charge in [-0.25, -0.2) is 4.98 Å². The lowest BCUT2D eigenvalue weighted by Crippen LogP contribution is -2.43. The molecule has 2 atom stereocenters. The van der Waals surface area contributed by atoms with Crippen molar-refractivity contribution in [3.05, 3.63) is 41.2 Å². The Kier molecular flexibility index (Phi) is 5.78. The molecule has 5 nitrogen and oxygen atoms in total. The second kappa shape index (κ2) is 8.29. The number of aryl methyl sites for hydroxylation is 2. The number of para-hydroxylation sites is 1. The van der Waals surface area contributed by atoms with E-state index in [4.69, 9.17) is 9.72 Å². The molecule has 28 heavy (non-hydrogen) atoms. The Morgan fingerprint density at radius 1 is 1.29 bits per heavy atom. The molecule has 3 heterocycles. The standard InChI is InChI=1S/C22H29N3O2S/c1-15-10-11-18-7-4-5-9-20(18)25(15)21(26)14-28-22-23-16(2)17(3)24(22)13-19-8-6-12-27-19/h4-5,7,9,15,19H,6,8,10-14H2,1-3H3/t15-,19-/m0/s1. The SMILES string of the molecule is Cc1nc(SCC(=O)N2c3ccccc3CC[C@@H]2C)n(C[C@@H]2CCCO2)c1C. The van der Waals surface area contributed by atoms with Crippen molar-refractivity contribution in [1.29, 1.82) is 0 Å². The summed E-state index contributed by atoms with van der Waals surface area (Å²) in [5.41, 5.74) is 4.54. The van der Waals surface area contributed by atoms with Gasteiger partial charge in [0.15, 0.2) is 5.16 Å². The lowest BCUT2D eigenvalue weighted by molar-refractivity contribution is -0.116. The number of anilines is 1. The number of carbonyl (C=O) groups excluding carboxylic acids is 1. The molecule has 0 N–H and O–H groups in total. The third-order valence-corrected chi connectivity index (χ3v) is 6.91. The van der Waals surface area contributed by atoms with Crippen LogP contribution >= 0.6 is 11.8 Å². The number of nitrogens with zero attached hydrogens (tertiary/aromatic N) is 3. The maximum absolute atomic E-state index is 13.1. The summed E-state index contributed by atoms with van der Waals surface area (Å²) < 4.78 is 8.05. The summed E-state index contributed by atoms with van der Waals surface area (Å²) in [6.07, 6.45) is 4.54. The summed E-state index contributed by atoms with van der Waals surface area (Å²) in [6.45, 7) is 7.96. The van der Waals surface area contributed by atoms with Gasteiger partial charge < -0.3 is 14.2 Å². The van der Waals surface area contributed by atoms with Gasteiger partial charge in [-0.1, -0.05) is 30.0 Å². The van der Waals surface area contributed by atoms with Crippen LogP contribution in [-0.2, 0) is 22.5 Å². The van der Waals surface area contributed by atoms with Gasteiger partial charge in [-0.15, -0.1) is 0 Å². The topological polar surface area (TPSA) is 47.4 Å². The van der Waals surface area contributed by atoms with Crippen molar-refractivity contribution in [2.24, 2.45) is 0 Å². The van der Waals surface area contributed by atoms with Crippen molar-refractivity contribution in [3.8, 4) is 0 Å². The Morgan fingerprint density at radius 2 is 2.11 bits per heavy atom. The smallest absolute Gasteiger partial charge is 0.237 e. The molecule has 1 aromatic heterocycles. The molecule has 2 aliphatic rings. The zero-order valence-corrected chi connectivity index (χ0v) is 17.8. The molecule has 0 saturated carbocycles. The first kappa shape index (κ1) is 19.5. The normalized spacial score (nSPS) is 21.8. The molecule has 0 radical (unpaired) electrons. The number of hydrogen-bond acceptors (Lipinski definition) is 4. The molecule has 150 valence electrons. The van der Waals surface area contributed by atoms with E-state index in [1.807, 2.05) is 17.9 Å². The molecular weight excluding hydrogens is 370 g/mol. The highest BCUT2D eigenvalue weighted by Crippen LogP contribution is 2.32. The minimum Gasteiger partial charge on any atom is -0.376 e. The van der Waals surface area contributed by atoms with E-state index < -0.39 is 0 Å². The van der Waals surface area contributed by atoms with E-state index in [0.717, 1.165) is 55.4 Å². The van der Waals surface area contributed by atoms with E-state index in [1.54, 1.807) is 11.8 Å². The second-order valence-corrected chi connectivity index (χ2v) is 8.82. The molecule has 1 saturated heterocycles. The molecule has 4 rings (SSSR count). The van der Waals surface area contributed by atoms with E-state index in [9.17, 15) is 4.79 Å². The predicted octanol–water partition coefficient (Wildman–Crippen LogP) is 4.14. The van der Waals surface area contributed by atoms with Crippen molar-refractivity contribution in [2.75, 3.05) is 17.3 Å². The number of hydrogen-bond donors (Lipinski definition) is 0. The van der Waals surface area contributed by atoms with Crippen LogP contribution in [0.3, 0.4) is 0 Å². The van der Waals surface area contributed by atoms with Crippen molar-refractivity contribution in [3.63, 3.8) is 0 Å². The Bertz CT molecular complexity index is 857. The average Bonchev–Trinajstić information content (AvgIpc) is 3.30. The highest BCUT2D eigenvalue weighted by Gasteiger charge is 2.28. The molecule has 1 fully saturated rings. The zero-order chi connectivity index (χ0) is 19.7. The number of imidazole rings is 1. The summed E-state index contributed by atoms with van der Waals surface area (Å²) in [7, 11) is 0. The Balaban J connectivity index is 1.49. The Labute approximate surface area is 171 Å². The van der Waals surface area contributed by atoms with Crippen LogP contribution in [0.25, 0.3) is 0 Å². The summed E-state index contributed by atoms with van der Waals surface area (Å²) in [4.78, 5) is 19.9. The van der Waals surface area contributed by atoms with Gasteiger partial charge in [0.2, 0.25) is 5.91 Å². The van der Waals surface area contributed by atoms with Crippen molar-refractivity contribution in [1.82, 2.24) is 9.55 Å². The number of ether oxygens (including phenoxy) is 1. The van der Waals surface area contributed by atoms with Crippen LogP contribution in [0.1, 0.15) is 43.1 Å². The first-order valence-corrected chi connectivity index (χ1v) is 11.2. The number of fused-ring (bicyclic) bond motifs is 1. The number of amides is 1. The highest BCUT2D eigenvalue weighted by molar-refractivity contribution is 7.99. The maximum atomic E-state index is 13.1. The summed E-state index contributed by atoms with van der Waals surface area (Å²) in [6, 6.07) is 8.51. The average molecular weight is 400 g/mol. The second-order valence-electron chi connectivity index (χ2n) is 7.88. The molecule has 2 aliphatic heterocycles. The van der Waals surface area contributed by atoms with Crippen molar-refractivity contribution < 1.29 is 9.53 Å². The van der Waals surface area contributed by atoms with Gasteiger partial charge in [0.1, 0.15) is 0 Å². The number of carbonyl (C=O) groups is 1. The fourth-order valence-electron chi connectivity index (χ4n) is 4.20. The maximum Gasteiger partial charge on any atom is 0.237 e. The van der Waals surface area contributed by atoms with Gasteiger partial charge >= 0.3 is 0 Å². The van der Waals surface area contributed by atoms with Gasteiger partial charge in [0.25, 0.3) is 0 Å². The Hall–Kier alpha value is -1.79. The van der Waals surface area contributed by atoms with Crippen LogP contribution in [0.5, 0.6) is 0 Å². The van der Waals surface area contributed by atoms with Crippen LogP contribution < -0.4 is 4.90 Å². The lowest BCUT2D eigenvalue weighted by Gasteiger charge is -2.35. The van der Waals surface area contributed by atoms with Crippen molar-refractivity contribution >= 4 is 23.4 Å². The van der Waals surface area contributed by atoms with Crippen molar-refractivity contribution in [2.45, 2.75) is 70.3 Å².